The van der Waals surface area contributed by atoms with Crippen LogP contribution in [0.3, 0.4) is 0 Å². The van der Waals surface area contributed by atoms with E-state index in [4.69, 9.17) is 4.98 Å². The number of likely N-dealkylation sites (tertiary alicyclic amines) is 1. The predicted octanol–water partition coefficient (Wildman–Crippen LogP) is 5.16. The van der Waals surface area contributed by atoms with Crippen molar-refractivity contribution in [1.29, 1.82) is 0 Å². The number of aromatic nitrogens is 3. The lowest BCUT2D eigenvalue weighted by atomic mass is 10.0. The number of carbonyl (C=O) groups is 1. The largest absolute Gasteiger partial charge is 0.342 e. The van der Waals surface area contributed by atoms with Gasteiger partial charge in [0.05, 0.1) is 0 Å². The molecule has 1 aliphatic carbocycles. The van der Waals surface area contributed by atoms with Crippen LogP contribution in [0, 0.1) is 17.7 Å². The van der Waals surface area contributed by atoms with Crippen LogP contribution in [0.2, 0.25) is 0 Å². The van der Waals surface area contributed by atoms with Crippen LogP contribution < -0.4 is 0 Å². The Balaban J connectivity index is 1.30. The van der Waals surface area contributed by atoms with Gasteiger partial charge in [-0.1, -0.05) is 36.4 Å². The molecule has 1 aliphatic heterocycles. The number of hydrogen-bond donors (Lipinski definition) is 0. The van der Waals surface area contributed by atoms with Gasteiger partial charge < -0.3 is 9.47 Å². The van der Waals surface area contributed by atoms with Gasteiger partial charge in [-0.2, -0.15) is 0 Å². The first-order valence-electron chi connectivity index (χ1n) is 11.6. The molecule has 2 fully saturated rings. The van der Waals surface area contributed by atoms with Gasteiger partial charge in [0.1, 0.15) is 17.2 Å². The first kappa shape index (κ1) is 20.1. The zero-order valence-corrected chi connectivity index (χ0v) is 18.3. The fraction of sp³-hybridized carbons (Fsp3) is 0.296. The van der Waals surface area contributed by atoms with Gasteiger partial charge in [-0.3, -0.25) is 4.79 Å². The molecule has 6 rings (SSSR count). The van der Waals surface area contributed by atoms with Crippen molar-refractivity contribution < 1.29 is 9.18 Å². The first-order chi connectivity index (χ1) is 16.2. The van der Waals surface area contributed by atoms with Crippen LogP contribution in [0.4, 0.5) is 4.39 Å². The molecule has 2 aliphatic rings. The van der Waals surface area contributed by atoms with E-state index in [2.05, 4.69) is 21.7 Å². The number of fused-ring (bicyclic) bond motifs is 1. The summed E-state index contributed by atoms with van der Waals surface area (Å²) in [4.78, 5) is 24.1. The van der Waals surface area contributed by atoms with Crippen LogP contribution in [-0.4, -0.2) is 38.4 Å². The molecule has 1 saturated heterocycles. The van der Waals surface area contributed by atoms with Gasteiger partial charge in [0.25, 0.3) is 0 Å². The quantitative estimate of drug-likeness (QED) is 0.431. The maximum absolute atomic E-state index is 13.3. The van der Waals surface area contributed by atoms with Crippen molar-refractivity contribution in [2.24, 2.45) is 11.8 Å². The minimum Gasteiger partial charge on any atom is -0.342 e. The average Bonchev–Trinajstić information content (AvgIpc) is 3.49. The van der Waals surface area contributed by atoms with Gasteiger partial charge in [0, 0.05) is 37.3 Å². The molecule has 1 atom stereocenters. The van der Waals surface area contributed by atoms with Gasteiger partial charge in [0.15, 0.2) is 5.65 Å². The number of carbonyl (C=O) groups excluding carboxylic acids is 1. The molecule has 166 valence electrons. The van der Waals surface area contributed by atoms with Crippen LogP contribution in [-0.2, 0) is 11.3 Å². The molecule has 0 radical (unpaired) electrons. The molecule has 1 amide bonds. The number of imidazole rings is 1. The van der Waals surface area contributed by atoms with Gasteiger partial charge in [0.2, 0.25) is 5.91 Å². The predicted molar refractivity (Wildman–Crippen MR) is 126 cm³/mol. The first-order valence-corrected chi connectivity index (χ1v) is 11.6. The summed E-state index contributed by atoms with van der Waals surface area (Å²) in [6.45, 7) is 2.45. The molecule has 33 heavy (non-hydrogen) atoms. The van der Waals surface area contributed by atoms with E-state index in [0.717, 1.165) is 72.6 Å². The highest BCUT2D eigenvalue weighted by molar-refractivity contribution is 5.81. The molecule has 4 aromatic rings. The molecular formula is C27H25FN4O. The lowest BCUT2D eigenvalue weighted by Gasteiger charge is -2.17. The fourth-order valence-electron chi connectivity index (χ4n) is 4.83. The summed E-state index contributed by atoms with van der Waals surface area (Å²) in [5, 5.41) is 0. The molecule has 0 N–H and O–H groups in total. The summed E-state index contributed by atoms with van der Waals surface area (Å²) in [7, 11) is 0. The van der Waals surface area contributed by atoms with E-state index in [1.807, 2.05) is 29.2 Å². The Morgan fingerprint density at radius 2 is 1.64 bits per heavy atom. The number of benzene rings is 2. The molecule has 6 heteroatoms. The van der Waals surface area contributed by atoms with Crippen molar-refractivity contribution in [3.8, 4) is 22.5 Å². The number of halogens is 1. The third-order valence-electron chi connectivity index (χ3n) is 6.79. The number of pyridine rings is 1. The number of rotatable bonds is 5. The lowest BCUT2D eigenvalue weighted by Crippen LogP contribution is -2.30. The Kier molecular flexibility index (Phi) is 4.93. The Morgan fingerprint density at radius 3 is 2.36 bits per heavy atom. The second kappa shape index (κ2) is 8.10. The van der Waals surface area contributed by atoms with E-state index in [9.17, 15) is 9.18 Å². The van der Waals surface area contributed by atoms with E-state index < -0.39 is 0 Å². The van der Waals surface area contributed by atoms with Crippen molar-refractivity contribution in [3.63, 3.8) is 0 Å². The number of nitrogens with zero attached hydrogens (tertiary/aromatic N) is 4. The second-order valence-corrected chi connectivity index (χ2v) is 9.19. The zero-order chi connectivity index (χ0) is 22.4. The maximum Gasteiger partial charge on any atom is 0.225 e. The standard InChI is InChI=1S/C27H25FN4O/c28-23-11-9-20(10-12-23)19-3-5-21(6-4-19)25-30-24-2-1-14-29-26(24)32(25)17-18-13-15-31(16-18)27(33)22-7-8-22/h1-6,9-12,14,18,22H,7-8,13,15-17H2. The number of hydrogen-bond acceptors (Lipinski definition) is 3. The van der Waals surface area contributed by atoms with Crippen LogP contribution >= 0.6 is 0 Å². The van der Waals surface area contributed by atoms with Gasteiger partial charge in [-0.15, -0.1) is 0 Å². The molecule has 2 aromatic heterocycles. The van der Waals surface area contributed by atoms with Crippen molar-refractivity contribution >= 4 is 17.1 Å². The van der Waals surface area contributed by atoms with Crippen LogP contribution in [0.5, 0.6) is 0 Å². The number of amides is 1. The van der Waals surface area contributed by atoms with E-state index in [0.29, 0.717) is 11.8 Å². The van der Waals surface area contributed by atoms with Crippen LogP contribution in [0.15, 0.2) is 66.9 Å². The molecule has 3 heterocycles. The van der Waals surface area contributed by atoms with Crippen molar-refractivity contribution in [1.82, 2.24) is 19.4 Å². The van der Waals surface area contributed by atoms with E-state index in [-0.39, 0.29) is 11.7 Å². The molecule has 0 spiro atoms. The Morgan fingerprint density at radius 1 is 0.939 bits per heavy atom. The van der Waals surface area contributed by atoms with E-state index >= 15 is 0 Å². The summed E-state index contributed by atoms with van der Waals surface area (Å²) in [6, 6.07) is 18.7. The Hall–Kier alpha value is -3.54. The zero-order valence-electron chi connectivity index (χ0n) is 18.3. The lowest BCUT2D eigenvalue weighted by molar-refractivity contribution is -0.131. The van der Waals surface area contributed by atoms with Crippen molar-refractivity contribution in [3.05, 3.63) is 72.7 Å². The molecule has 1 saturated carbocycles. The highest BCUT2D eigenvalue weighted by Gasteiger charge is 2.36. The normalized spacial score (nSPS) is 18.2. The minimum atomic E-state index is -0.235. The summed E-state index contributed by atoms with van der Waals surface area (Å²) in [6.07, 6.45) is 4.91. The van der Waals surface area contributed by atoms with E-state index in [1.165, 1.54) is 12.1 Å². The smallest absolute Gasteiger partial charge is 0.225 e. The monoisotopic (exact) mass is 440 g/mol. The van der Waals surface area contributed by atoms with E-state index in [1.54, 1.807) is 18.3 Å². The molecule has 1 unspecified atom stereocenters. The van der Waals surface area contributed by atoms with Crippen molar-refractivity contribution in [2.45, 2.75) is 25.8 Å². The van der Waals surface area contributed by atoms with Gasteiger partial charge in [-0.25, -0.2) is 14.4 Å². The average molecular weight is 441 g/mol. The summed E-state index contributed by atoms with van der Waals surface area (Å²) in [5.41, 5.74) is 4.78. The second-order valence-electron chi connectivity index (χ2n) is 9.19. The highest BCUT2D eigenvalue weighted by atomic mass is 19.1. The maximum atomic E-state index is 13.3. The SMILES string of the molecule is O=C(C1CC1)N1CCC(Cn2c(-c3ccc(-c4ccc(F)cc4)cc3)nc3cccnc32)C1. The third-order valence-corrected chi connectivity index (χ3v) is 6.79. The Bertz CT molecular complexity index is 1310. The van der Waals surface area contributed by atoms with Crippen LogP contribution in [0.1, 0.15) is 19.3 Å². The molecular weight excluding hydrogens is 415 g/mol. The van der Waals surface area contributed by atoms with Gasteiger partial charge >= 0.3 is 0 Å². The summed E-state index contributed by atoms with van der Waals surface area (Å²) >= 11 is 0. The van der Waals surface area contributed by atoms with Crippen molar-refractivity contribution in [2.75, 3.05) is 13.1 Å². The fourth-order valence-corrected chi connectivity index (χ4v) is 4.83. The molecule has 5 nitrogen and oxygen atoms in total. The Labute approximate surface area is 191 Å². The topological polar surface area (TPSA) is 51.0 Å². The highest BCUT2D eigenvalue weighted by Crippen LogP contribution is 2.34. The molecule has 2 aromatic carbocycles. The summed E-state index contributed by atoms with van der Waals surface area (Å²) < 4.78 is 15.5. The van der Waals surface area contributed by atoms with Crippen LogP contribution in [0.25, 0.3) is 33.7 Å². The molecule has 0 bridgehead atoms. The summed E-state index contributed by atoms with van der Waals surface area (Å²) in [5.74, 6) is 1.66. The van der Waals surface area contributed by atoms with Gasteiger partial charge in [-0.05, 0) is 60.6 Å². The minimum absolute atomic E-state index is 0.235. The third kappa shape index (κ3) is 3.90.